The monoisotopic (exact) mass is 594 g/mol. The molecule has 228 valence electrons. The number of pyridine rings is 1. The molecular formula is C33H38N8O3. The van der Waals surface area contributed by atoms with Gasteiger partial charge >= 0.3 is 6.09 Å². The summed E-state index contributed by atoms with van der Waals surface area (Å²) in [6, 6.07) is 13.7. The average molecular weight is 595 g/mol. The number of ether oxygens (including phenoxy) is 2. The molecule has 0 spiro atoms. The minimum absolute atomic E-state index is 0.158. The molecule has 2 N–H and O–H groups in total. The molecule has 1 atom stereocenters. The van der Waals surface area contributed by atoms with Gasteiger partial charge < -0.3 is 24.7 Å². The zero-order valence-corrected chi connectivity index (χ0v) is 25.8. The third-order valence-corrected chi connectivity index (χ3v) is 7.82. The summed E-state index contributed by atoms with van der Waals surface area (Å²) in [5, 5.41) is 5.58. The van der Waals surface area contributed by atoms with Crippen LogP contribution in [-0.2, 0) is 11.8 Å². The van der Waals surface area contributed by atoms with Gasteiger partial charge in [0, 0.05) is 49.2 Å². The molecule has 11 heteroatoms. The van der Waals surface area contributed by atoms with Gasteiger partial charge in [-0.05, 0) is 70.7 Å². The Morgan fingerprint density at radius 1 is 1.02 bits per heavy atom. The molecule has 1 aromatic carbocycles. The lowest BCUT2D eigenvalue weighted by molar-refractivity contribution is 0.0255. The largest absolute Gasteiger partial charge is 0.444 e. The third-order valence-electron chi connectivity index (χ3n) is 7.82. The zero-order chi connectivity index (χ0) is 31.0. The van der Waals surface area contributed by atoms with Crippen molar-refractivity contribution in [2.45, 2.75) is 58.6 Å². The Labute approximate surface area is 256 Å². The van der Waals surface area contributed by atoms with Crippen molar-refractivity contribution in [1.82, 2.24) is 34.2 Å². The second kappa shape index (κ2) is 11.6. The van der Waals surface area contributed by atoms with Crippen molar-refractivity contribution in [3.8, 4) is 34.0 Å². The molecule has 6 rings (SSSR count). The molecule has 1 saturated heterocycles. The Kier molecular flexibility index (Phi) is 7.71. The first-order valence-corrected chi connectivity index (χ1v) is 14.9. The number of amides is 1. The minimum Gasteiger partial charge on any atom is -0.444 e. The number of aromatic nitrogens is 6. The van der Waals surface area contributed by atoms with Crippen LogP contribution in [0.25, 0.3) is 33.4 Å². The number of nitrogens with zero attached hydrogens (tertiary/aromatic N) is 7. The van der Waals surface area contributed by atoms with E-state index in [1.807, 2.05) is 97.6 Å². The smallest absolute Gasteiger partial charge is 0.410 e. The summed E-state index contributed by atoms with van der Waals surface area (Å²) in [5.41, 5.74) is 11.3. The fourth-order valence-corrected chi connectivity index (χ4v) is 5.79. The quantitative estimate of drug-likeness (QED) is 0.243. The normalized spacial score (nSPS) is 15.8. The number of hydrogen-bond acceptors (Lipinski definition) is 8. The number of benzene rings is 1. The van der Waals surface area contributed by atoms with Crippen molar-refractivity contribution >= 4 is 22.9 Å². The number of anilines is 1. The van der Waals surface area contributed by atoms with E-state index in [-0.39, 0.29) is 12.1 Å². The number of carbonyl (C=O) groups excluding carboxylic acids is 1. The van der Waals surface area contributed by atoms with Crippen molar-refractivity contribution in [2.24, 2.45) is 7.05 Å². The summed E-state index contributed by atoms with van der Waals surface area (Å²) >= 11 is 0. The van der Waals surface area contributed by atoms with E-state index in [9.17, 15) is 4.79 Å². The lowest BCUT2D eigenvalue weighted by atomic mass is 10.00. The van der Waals surface area contributed by atoms with Crippen molar-refractivity contribution in [2.75, 3.05) is 18.8 Å². The second-order valence-electron chi connectivity index (χ2n) is 12.2. The van der Waals surface area contributed by atoms with E-state index < -0.39 is 5.60 Å². The second-order valence-corrected chi connectivity index (χ2v) is 12.2. The Hall–Kier alpha value is -4.93. The number of carbonyl (C=O) groups is 1. The van der Waals surface area contributed by atoms with E-state index >= 15 is 0 Å². The van der Waals surface area contributed by atoms with E-state index in [2.05, 4.69) is 21.1 Å². The van der Waals surface area contributed by atoms with Gasteiger partial charge in [0.1, 0.15) is 29.1 Å². The van der Waals surface area contributed by atoms with Gasteiger partial charge in [-0.15, -0.1) is 0 Å². The molecule has 4 aromatic heterocycles. The molecule has 5 heterocycles. The van der Waals surface area contributed by atoms with Crippen LogP contribution in [0.15, 0.2) is 61.2 Å². The number of nitrogen functional groups attached to an aromatic ring is 1. The van der Waals surface area contributed by atoms with Crippen LogP contribution in [0, 0.1) is 6.92 Å². The van der Waals surface area contributed by atoms with Gasteiger partial charge in [-0.2, -0.15) is 5.10 Å². The molecule has 0 bridgehead atoms. The summed E-state index contributed by atoms with van der Waals surface area (Å²) in [6.45, 7) is 8.89. The highest BCUT2D eigenvalue weighted by Gasteiger charge is 2.27. The number of hydrogen-bond donors (Lipinski definition) is 1. The number of rotatable bonds is 5. The molecule has 5 aromatic rings. The summed E-state index contributed by atoms with van der Waals surface area (Å²) < 4.78 is 15.7. The Bertz CT molecular complexity index is 1800. The zero-order valence-electron chi connectivity index (χ0n) is 25.8. The van der Waals surface area contributed by atoms with Crippen LogP contribution in [-0.4, -0.2) is 59.0 Å². The van der Waals surface area contributed by atoms with Gasteiger partial charge in [-0.25, -0.2) is 19.7 Å². The Balaban J connectivity index is 1.31. The molecule has 1 aliphatic heterocycles. The molecule has 11 nitrogen and oxygen atoms in total. The fourth-order valence-electron chi connectivity index (χ4n) is 5.79. The third kappa shape index (κ3) is 5.95. The number of likely N-dealkylation sites (tertiary alicyclic amines) is 1. The molecular weight excluding hydrogens is 556 g/mol. The highest BCUT2D eigenvalue weighted by atomic mass is 16.6. The van der Waals surface area contributed by atoms with Crippen LogP contribution in [0.1, 0.15) is 51.8 Å². The Morgan fingerprint density at radius 2 is 1.82 bits per heavy atom. The van der Waals surface area contributed by atoms with Crippen LogP contribution < -0.4 is 10.5 Å². The van der Waals surface area contributed by atoms with Gasteiger partial charge in [0.05, 0.1) is 23.3 Å². The number of fused-ring (bicyclic) bond motifs is 1. The molecule has 1 unspecified atom stereocenters. The first-order chi connectivity index (χ1) is 21.1. The predicted octanol–water partition coefficient (Wildman–Crippen LogP) is 6.54. The summed E-state index contributed by atoms with van der Waals surface area (Å²) in [6.07, 6.45) is 7.77. The van der Waals surface area contributed by atoms with Gasteiger partial charge in [-0.3, -0.25) is 4.68 Å². The van der Waals surface area contributed by atoms with Crippen molar-refractivity contribution in [3.63, 3.8) is 0 Å². The van der Waals surface area contributed by atoms with Gasteiger partial charge in [0.2, 0.25) is 5.88 Å². The molecule has 1 fully saturated rings. The summed E-state index contributed by atoms with van der Waals surface area (Å²) in [7, 11) is 1.98. The van der Waals surface area contributed by atoms with E-state index in [1.165, 1.54) is 6.33 Å². The maximum Gasteiger partial charge on any atom is 0.410 e. The standard InChI is InChI=1S/C33H38N8O3/c1-21-8-6-10-26(38-21)43-25-13-11-22(12-14-25)27-28-30(34)35-20-36-31(28)39(5)29(27)23-18-37-41(19-23)24-9-7-16-40(17-15-24)32(42)44-33(2,3)4/h6,8,10-14,18-20,24H,7,9,15-17H2,1-5H3,(H2,34,35,36). The van der Waals surface area contributed by atoms with Crippen LogP contribution in [0.2, 0.25) is 0 Å². The van der Waals surface area contributed by atoms with Gasteiger partial charge in [0.15, 0.2) is 0 Å². The van der Waals surface area contributed by atoms with Crippen molar-refractivity contribution in [1.29, 1.82) is 0 Å². The average Bonchev–Trinajstić information content (AvgIpc) is 3.47. The molecule has 1 aliphatic rings. The number of nitrogens with two attached hydrogens (primary N) is 1. The first-order valence-electron chi connectivity index (χ1n) is 14.9. The molecule has 1 amide bonds. The Morgan fingerprint density at radius 3 is 2.57 bits per heavy atom. The maximum absolute atomic E-state index is 12.7. The first kappa shape index (κ1) is 29.2. The van der Waals surface area contributed by atoms with Crippen LogP contribution >= 0.6 is 0 Å². The van der Waals surface area contributed by atoms with Gasteiger partial charge in [-0.1, -0.05) is 18.2 Å². The molecule has 0 saturated carbocycles. The summed E-state index contributed by atoms with van der Waals surface area (Å²) in [4.78, 5) is 27.8. The van der Waals surface area contributed by atoms with E-state index in [1.54, 1.807) is 0 Å². The fraction of sp³-hybridized carbons (Fsp3) is 0.364. The SMILES string of the molecule is Cc1cccc(Oc2ccc(-c3c(-c4cnn(C5CCCN(C(=O)OC(C)(C)C)CC5)c4)n(C)c4ncnc(N)c34)cc2)n1. The predicted molar refractivity (Wildman–Crippen MR) is 169 cm³/mol. The van der Waals surface area contributed by atoms with Crippen LogP contribution in [0.5, 0.6) is 11.6 Å². The summed E-state index contributed by atoms with van der Waals surface area (Å²) in [5.74, 6) is 1.63. The maximum atomic E-state index is 12.7. The molecule has 0 aliphatic carbocycles. The highest BCUT2D eigenvalue weighted by molar-refractivity contribution is 6.07. The topological polar surface area (TPSA) is 126 Å². The number of aryl methyl sites for hydroxylation is 2. The lowest BCUT2D eigenvalue weighted by Crippen LogP contribution is -2.37. The van der Waals surface area contributed by atoms with Crippen LogP contribution in [0.4, 0.5) is 10.6 Å². The molecule has 0 radical (unpaired) electrons. The minimum atomic E-state index is -0.519. The van der Waals surface area contributed by atoms with Crippen molar-refractivity contribution in [3.05, 3.63) is 66.9 Å². The van der Waals surface area contributed by atoms with Gasteiger partial charge in [0.25, 0.3) is 0 Å². The van der Waals surface area contributed by atoms with E-state index in [0.29, 0.717) is 30.5 Å². The highest BCUT2D eigenvalue weighted by Crippen LogP contribution is 2.42. The molecule has 44 heavy (non-hydrogen) atoms. The van der Waals surface area contributed by atoms with E-state index in [4.69, 9.17) is 20.3 Å². The lowest BCUT2D eigenvalue weighted by Gasteiger charge is -2.26. The van der Waals surface area contributed by atoms with Crippen LogP contribution in [0.3, 0.4) is 0 Å². The van der Waals surface area contributed by atoms with E-state index in [0.717, 1.165) is 58.4 Å². The van der Waals surface area contributed by atoms with Crippen molar-refractivity contribution < 1.29 is 14.3 Å².